The Bertz CT molecular complexity index is 338. The van der Waals surface area contributed by atoms with E-state index in [1.165, 1.54) is 12.1 Å². The van der Waals surface area contributed by atoms with E-state index in [2.05, 4.69) is 0 Å². The van der Waals surface area contributed by atoms with Gasteiger partial charge in [0.1, 0.15) is 0 Å². The van der Waals surface area contributed by atoms with Crippen LogP contribution in [0.1, 0.15) is 41.4 Å². The van der Waals surface area contributed by atoms with Gasteiger partial charge in [-0.05, 0) is 19.1 Å². The quantitative estimate of drug-likeness (QED) is 0.546. The zero-order chi connectivity index (χ0) is 10.6. The first-order valence-corrected chi connectivity index (χ1v) is 4.49. The molecule has 0 atom stereocenters. The molecule has 0 amide bonds. The zero-order valence-corrected chi connectivity index (χ0v) is 8.20. The van der Waals surface area contributed by atoms with Crippen molar-refractivity contribution in [2.75, 3.05) is 6.61 Å². The smallest absolute Gasteiger partial charge is 0.374 e. The first kappa shape index (κ1) is 10.5. The molecule has 0 spiro atoms. The Balaban J connectivity index is 2.77. The first-order chi connectivity index (χ1) is 6.69. The van der Waals surface area contributed by atoms with Crippen LogP contribution in [0.2, 0.25) is 0 Å². The van der Waals surface area contributed by atoms with Crippen molar-refractivity contribution in [2.24, 2.45) is 0 Å². The molecule has 0 unspecified atom stereocenters. The van der Waals surface area contributed by atoms with Crippen molar-refractivity contribution in [3.05, 3.63) is 23.7 Å². The fourth-order valence-electron chi connectivity index (χ4n) is 0.974. The van der Waals surface area contributed by atoms with E-state index in [1.807, 2.05) is 0 Å². The first-order valence-electron chi connectivity index (χ1n) is 4.49. The van der Waals surface area contributed by atoms with Crippen LogP contribution in [0.3, 0.4) is 0 Å². The van der Waals surface area contributed by atoms with Crippen molar-refractivity contribution in [1.82, 2.24) is 0 Å². The topological polar surface area (TPSA) is 56.5 Å². The Hall–Kier alpha value is -1.58. The predicted octanol–water partition coefficient (Wildman–Crippen LogP) is 2.05. The fraction of sp³-hybridized carbons (Fsp3) is 0.400. The maximum Gasteiger partial charge on any atom is 0.374 e. The van der Waals surface area contributed by atoms with Crippen LogP contribution < -0.4 is 0 Å². The Kier molecular flexibility index (Phi) is 3.45. The van der Waals surface area contributed by atoms with E-state index >= 15 is 0 Å². The highest BCUT2D eigenvalue weighted by molar-refractivity contribution is 5.95. The third kappa shape index (κ3) is 2.22. The molecule has 0 fully saturated rings. The van der Waals surface area contributed by atoms with E-state index < -0.39 is 5.97 Å². The number of Topliss-reactive ketones (excluding diaryl/α,β-unsaturated/α-hetero) is 1. The normalized spacial score (nSPS) is 9.86. The molecular weight excluding hydrogens is 184 g/mol. The molecule has 4 nitrogen and oxygen atoms in total. The SMILES string of the molecule is CCOC(=O)c1ccc(C(=O)CC)o1. The summed E-state index contributed by atoms with van der Waals surface area (Å²) in [5, 5.41) is 0. The van der Waals surface area contributed by atoms with Gasteiger partial charge in [-0.2, -0.15) is 0 Å². The minimum Gasteiger partial charge on any atom is -0.460 e. The number of carbonyl (C=O) groups is 2. The Labute approximate surface area is 81.9 Å². The fourth-order valence-corrected chi connectivity index (χ4v) is 0.974. The van der Waals surface area contributed by atoms with Gasteiger partial charge in [0.2, 0.25) is 5.76 Å². The van der Waals surface area contributed by atoms with Crippen LogP contribution >= 0.6 is 0 Å². The average Bonchev–Trinajstić information content (AvgIpc) is 2.66. The number of carbonyl (C=O) groups excluding carboxylic acids is 2. The van der Waals surface area contributed by atoms with Gasteiger partial charge in [0.15, 0.2) is 11.5 Å². The summed E-state index contributed by atoms with van der Waals surface area (Å²) in [4.78, 5) is 22.3. The van der Waals surface area contributed by atoms with Crippen LogP contribution in [0, 0.1) is 0 Å². The van der Waals surface area contributed by atoms with Crippen LogP contribution in [0.25, 0.3) is 0 Å². The van der Waals surface area contributed by atoms with Gasteiger partial charge in [0.05, 0.1) is 6.61 Å². The molecule has 1 aromatic rings. The summed E-state index contributed by atoms with van der Waals surface area (Å²) < 4.78 is 9.74. The highest BCUT2D eigenvalue weighted by Gasteiger charge is 2.14. The van der Waals surface area contributed by atoms with E-state index in [4.69, 9.17) is 9.15 Å². The summed E-state index contributed by atoms with van der Waals surface area (Å²) in [6.45, 7) is 3.73. The molecule has 0 N–H and O–H groups in total. The van der Waals surface area contributed by atoms with Crippen LogP contribution in [0.15, 0.2) is 16.5 Å². The summed E-state index contributed by atoms with van der Waals surface area (Å²) in [6, 6.07) is 2.93. The summed E-state index contributed by atoms with van der Waals surface area (Å²) in [7, 11) is 0. The Morgan fingerprint density at radius 3 is 2.50 bits per heavy atom. The monoisotopic (exact) mass is 196 g/mol. The van der Waals surface area contributed by atoms with E-state index in [0.29, 0.717) is 6.42 Å². The molecule has 76 valence electrons. The summed E-state index contributed by atoms with van der Waals surface area (Å²) in [6.07, 6.45) is 0.357. The van der Waals surface area contributed by atoms with Gasteiger partial charge in [0.25, 0.3) is 0 Å². The molecule has 0 aliphatic rings. The van der Waals surface area contributed by atoms with E-state index in [1.54, 1.807) is 13.8 Å². The van der Waals surface area contributed by atoms with Gasteiger partial charge in [-0.15, -0.1) is 0 Å². The van der Waals surface area contributed by atoms with Crippen LogP contribution in [-0.2, 0) is 4.74 Å². The van der Waals surface area contributed by atoms with Crippen molar-refractivity contribution in [3.63, 3.8) is 0 Å². The molecule has 4 heteroatoms. The molecule has 0 aliphatic heterocycles. The maximum absolute atomic E-state index is 11.2. The summed E-state index contributed by atoms with van der Waals surface area (Å²) >= 11 is 0. The van der Waals surface area contributed by atoms with Crippen molar-refractivity contribution in [3.8, 4) is 0 Å². The van der Waals surface area contributed by atoms with E-state index in [-0.39, 0.29) is 23.9 Å². The lowest BCUT2D eigenvalue weighted by atomic mass is 10.2. The lowest BCUT2D eigenvalue weighted by Crippen LogP contribution is -2.03. The number of ketones is 1. The maximum atomic E-state index is 11.2. The highest BCUT2D eigenvalue weighted by Crippen LogP contribution is 2.11. The molecule has 0 aliphatic carbocycles. The molecule has 0 aromatic carbocycles. The van der Waals surface area contributed by atoms with Gasteiger partial charge in [-0.1, -0.05) is 6.92 Å². The minimum atomic E-state index is -0.539. The third-order valence-corrected chi connectivity index (χ3v) is 1.68. The molecule has 0 saturated heterocycles. The molecule has 1 heterocycles. The van der Waals surface area contributed by atoms with Crippen molar-refractivity contribution < 1.29 is 18.7 Å². The summed E-state index contributed by atoms with van der Waals surface area (Å²) in [5.41, 5.74) is 0. The second kappa shape index (κ2) is 4.60. The van der Waals surface area contributed by atoms with Crippen molar-refractivity contribution in [2.45, 2.75) is 20.3 Å². The van der Waals surface area contributed by atoms with Gasteiger partial charge in [0, 0.05) is 6.42 Å². The molecular formula is C10H12O4. The minimum absolute atomic E-state index is 0.0728. The van der Waals surface area contributed by atoms with E-state index in [9.17, 15) is 9.59 Å². The van der Waals surface area contributed by atoms with Crippen LogP contribution in [0.4, 0.5) is 0 Å². The number of rotatable bonds is 4. The van der Waals surface area contributed by atoms with Gasteiger partial charge < -0.3 is 9.15 Å². The number of esters is 1. The van der Waals surface area contributed by atoms with Crippen LogP contribution in [0.5, 0.6) is 0 Å². The van der Waals surface area contributed by atoms with Crippen molar-refractivity contribution in [1.29, 1.82) is 0 Å². The van der Waals surface area contributed by atoms with Crippen molar-refractivity contribution >= 4 is 11.8 Å². The molecule has 0 radical (unpaired) electrons. The summed E-state index contributed by atoms with van der Waals surface area (Å²) in [5.74, 6) is -0.387. The average molecular weight is 196 g/mol. The largest absolute Gasteiger partial charge is 0.460 e. The van der Waals surface area contributed by atoms with Gasteiger partial charge in [-0.25, -0.2) is 4.79 Å². The molecule has 14 heavy (non-hydrogen) atoms. The number of hydrogen-bond donors (Lipinski definition) is 0. The van der Waals surface area contributed by atoms with Gasteiger partial charge >= 0.3 is 5.97 Å². The van der Waals surface area contributed by atoms with Gasteiger partial charge in [-0.3, -0.25) is 4.79 Å². The molecule has 0 bridgehead atoms. The number of hydrogen-bond acceptors (Lipinski definition) is 4. The third-order valence-electron chi connectivity index (χ3n) is 1.68. The molecule has 1 aromatic heterocycles. The predicted molar refractivity (Wildman–Crippen MR) is 49.3 cm³/mol. The standard InChI is InChI=1S/C10H12O4/c1-3-7(11)8-5-6-9(14-8)10(12)13-4-2/h5-6H,3-4H2,1-2H3. The highest BCUT2D eigenvalue weighted by atomic mass is 16.5. The molecule has 1 rings (SSSR count). The Morgan fingerprint density at radius 1 is 1.29 bits per heavy atom. The zero-order valence-electron chi connectivity index (χ0n) is 8.20. The Morgan fingerprint density at radius 2 is 1.93 bits per heavy atom. The van der Waals surface area contributed by atoms with Crippen LogP contribution in [-0.4, -0.2) is 18.4 Å². The lowest BCUT2D eigenvalue weighted by Gasteiger charge is -1.96. The number of furan rings is 1. The second-order valence-corrected chi connectivity index (χ2v) is 2.66. The molecule has 0 saturated carbocycles. The number of ether oxygens (including phenoxy) is 1. The van der Waals surface area contributed by atoms with E-state index in [0.717, 1.165) is 0 Å². The lowest BCUT2D eigenvalue weighted by molar-refractivity contribution is 0.0488. The second-order valence-electron chi connectivity index (χ2n) is 2.66.